The monoisotopic (exact) mass is 300 g/mol. The molecule has 1 aliphatic heterocycles. The summed E-state index contributed by atoms with van der Waals surface area (Å²) < 4.78 is 7.05. The van der Waals surface area contributed by atoms with Crippen molar-refractivity contribution in [3.8, 4) is 17.0 Å². The van der Waals surface area contributed by atoms with E-state index in [9.17, 15) is 4.79 Å². The average molecular weight is 300 g/mol. The van der Waals surface area contributed by atoms with E-state index in [1.54, 1.807) is 22.9 Å². The molecular formula is C16H20N4O2. The third kappa shape index (κ3) is 2.57. The lowest BCUT2D eigenvalue weighted by atomic mass is 10.1. The average Bonchev–Trinajstić information content (AvgIpc) is 3.12. The molecule has 3 rings (SSSR count). The minimum absolute atomic E-state index is 0.0260. The van der Waals surface area contributed by atoms with Crippen molar-refractivity contribution in [2.75, 3.05) is 20.2 Å². The van der Waals surface area contributed by atoms with Crippen LogP contribution in [0.1, 0.15) is 16.8 Å². The molecule has 6 nitrogen and oxygen atoms in total. The van der Waals surface area contributed by atoms with Crippen LogP contribution in [0.25, 0.3) is 11.3 Å². The van der Waals surface area contributed by atoms with Gasteiger partial charge >= 0.3 is 0 Å². The summed E-state index contributed by atoms with van der Waals surface area (Å²) in [6, 6.07) is 7.65. The highest BCUT2D eigenvalue weighted by Gasteiger charge is 2.28. The first-order valence-corrected chi connectivity index (χ1v) is 7.32. The molecule has 1 fully saturated rings. The first-order chi connectivity index (χ1) is 10.6. The summed E-state index contributed by atoms with van der Waals surface area (Å²) >= 11 is 0. The van der Waals surface area contributed by atoms with Crippen molar-refractivity contribution in [3.63, 3.8) is 0 Å². The van der Waals surface area contributed by atoms with Gasteiger partial charge in [-0.1, -0.05) is 12.1 Å². The maximum Gasteiger partial charge on any atom is 0.257 e. The van der Waals surface area contributed by atoms with Gasteiger partial charge in [0.05, 0.1) is 12.7 Å². The summed E-state index contributed by atoms with van der Waals surface area (Å²) in [5.41, 5.74) is 7.95. The molecule has 0 radical (unpaired) electrons. The molecule has 1 aromatic heterocycles. The Morgan fingerprint density at radius 1 is 1.41 bits per heavy atom. The van der Waals surface area contributed by atoms with Crippen molar-refractivity contribution < 1.29 is 9.53 Å². The van der Waals surface area contributed by atoms with Crippen LogP contribution in [0.2, 0.25) is 0 Å². The van der Waals surface area contributed by atoms with Crippen LogP contribution in [0.5, 0.6) is 5.75 Å². The van der Waals surface area contributed by atoms with Gasteiger partial charge in [-0.15, -0.1) is 0 Å². The van der Waals surface area contributed by atoms with Crippen molar-refractivity contribution in [3.05, 3.63) is 36.0 Å². The number of aryl methyl sites for hydroxylation is 1. The van der Waals surface area contributed by atoms with Crippen molar-refractivity contribution in [2.24, 2.45) is 12.8 Å². The summed E-state index contributed by atoms with van der Waals surface area (Å²) in [4.78, 5) is 14.6. The summed E-state index contributed by atoms with van der Waals surface area (Å²) in [7, 11) is 3.42. The predicted molar refractivity (Wildman–Crippen MR) is 83.7 cm³/mol. The molecule has 6 heteroatoms. The largest absolute Gasteiger partial charge is 0.496 e. The summed E-state index contributed by atoms with van der Waals surface area (Å²) in [6.45, 7) is 1.29. The molecule has 1 saturated heterocycles. The number of likely N-dealkylation sites (tertiary alicyclic amines) is 1. The van der Waals surface area contributed by atoms with E-state index in [4.69, 9.17) is 10.5 Å². The van der Waals surface area contributed by atoms with Gasteiger partial charge in [0.2, 0.25) is 0 Å². The smallest absolute Gasteiger partial charge is 0.257 e. The predicted octanol–water partition coefficient (Wildman–Crippen LogP) is 1.27. The zero-order chi connectivity index (χ0) is 15.7. The second-order valence-electron chi connectivity index (χ2n) is 5.57. The van der Waals surface area contributed by atoms with E-state index in [1.165, 1.54) is 0 Å². The molecule has 1 unspecified atom stereocenters. The Hall–Kier alpha value is -2.34. The maximum absolute atomic E-state index is 12.8. The molecule has 2 N–H and O–H groups in total. The van der Waals surface area contributed by atoms with Crippen molar-refractivity contribution in [1.29, 1.82) is 0 Å². The van der Waals surface area contributed by atoms with E-state index < -0.39 is 0 Å². The normalized spacial score (nSPS) is 17.8. The van der Waals surface area contributed by atoms with Gasteiger partial charge in [-0.25, -0.2) is 0 Å². The topological polar surface area (TPSA) is 73.4 Å². The Morgan fingerprint density at radius 2 is 2.18 bits per heavy atom. The zero-order valence-electron chi connectivity index (χ0n) is 12.8. The third-order valence-electron chi connectivity index (χ3n) is 3.93. The van der Waals surface area contributed by atoms with Crippen LogP contribution in [0.3, 0.4) is 0 Å². The number of methoxy groups -OCH3 is 1. The van der Waals surface area contributed by atoms with E-state index in [0.29, 0.717) is 30.1 Å². The van der Waals surface area contributed by atoms with Crippen LogP contribution in [0.15, 0.2) is 30.5 Å². The Labute approximate surface area is 129 Å². The Kier molecular flexibility index (Phi) is 3.85. The molecule has 1 atom stereocenters. The maximum atomic E-state index is 12.8. The van der Waals surface area contributed by atoms with Gasteiger partial charge < -0.3 is 15.4 Å². The van der Waals surface area contributed by atoms with Gasteiger partial charge in [0.1, 0.15) is 11.4 Å². The third-order valence-corrected chi connectivity index (χ3v) is 3.93. The first kappa shape index (κ1) is 14.6. The Bertz CT molecular complexity index is 695. The van der Waals surface area contributed by atoms with Gasteiger partial charge in [0, 0.05) is 37.9 Å². The molecule has 116 valence electrons. The zero-order valence-corrected chi connectivity index (χ0v) is 12.8. The number of nitrogens with zero attached hydrogens (tertiary/aromatic N) is 3. The number of benzene rings is 1. The van der Waals surface area contributed by atoms with Crippen LogP contribution in [0.4, 0.5) is 0 Å². The van der Waals surface area contributed by atoms with E-state index in [-0.39, 0.29) is 11.9 Å². The molecular weight excluding hydrogens is 280 g/mol. The number of para-hydroxylation sites is 1. The summed E-state index contributed by atoms with van der Waals surface area (Å²) in [5, 5.41) is 4.46. The highest BCUT2D eigenvalue weighted by Crippen LogP contribution is 2.31. The molecule has 1 aliphatic rings. The number of hydrogen-bond acceptors (Lipinski definition) is 4. The molecule has 1 amide bonds. The van der Waals surface area contributed by atoms with Crippen molar-refractivity contribution >= 4 is 5.91 Å². The quantitative estimate of drug-likeness (QED) is 0.926. The fraction of sp³-hybridized carbons (Fsp3) is 0.375. The van der Waals surface area contributed by atoms with Crippen LogP contribution < -0.4 is 10.5 Å². The Balaban J connectivity index is 2.01. The number of rotatable bonds is 3. The lowest BCUT2D eigenvalue weighted by Gasteiger charge is -2.16. The number of nitrogens with two attached hydrogens (primary N) is 1. The standard InChI is InChI=1S/C16H20N4O2/c1-19-10-13(16(21)20-8-7-11(17)9-20)15(18-19)12-5-3-4-6-14(12)22-2/h3-6,10-11H,7-9,17H2,1-2H3. The second kappa shape index (κ2) is 5.81. The summed E-state index contributed by atoms with van der Waals surface area (Å²) in [6.07, 6.45) is 2.60. The van der Waals surface area contributed by atoms with Gasteiger partial charge in [-0.05, 0) is 18.6 Å². The Morgan fingerprint density at radius 3 is 2.86 bits per heavy atom. The summed E-state index contributed by atoms with van der Waals surface area (Å²) in [5.74, 6) is 0.676. The number of ether oxygens (including phenoxy) is 1. The molecule has 0 aliphatic carbocycles. The molecule has 2 aromatic rings. The van der Waals surface area contributed by atoms with Crippen LogP contribution in [0, 0.1) is 0 Å². The van der Waals surface area contributed by atoms with E-state index in [2.05, 4.69) is 5.10 Å². The number of aromatic nitrogens is 2. The SMILES string of the molecule is COc1ccccc1-c1nn(C)cc1C(=O)N1CCC(N)C1. The first-order valence-electron chi connectivity index (χ1n) is 7.32. The fourth-order valence-corrected chi connectivity index (χ4v) is 2.83. The van der Waals surface area contributed by atoms with Gasteiger partial charge in [-0.3, -0.25) is 9.48 Å². The van der Waals surface area contributed by atoms with E-state index in [1.807, 2.05) is 31.3 Å². The molecule has 0 saturated carbocycles. The minimum Gasteiger partial charge on any atom is -0.496 e. The molecule has 0 spiro atoms. The molecule has 22 heavy (non-hydrogen) atoms. The van der Waals surface area contributed by atoms with Crippen LogP contribution >= 0.6 is 0 Å². The molecule has 1 aromatic carbocycles. The van der Waals surface area contributed by atoms with Crippen molar-refractivity contribution in [1.82, 2.24) is 14.7 Å². The lowest BCUT2D eigenvalue weighted by Crippen LogP contribution is -2.32. The lowest BCUT2D eigenvalue weighted by molar-refractivity contribution is 0.0791. The number of carbonyl (C=O) groups excluding carboxylic acids is 1. The second-order valence-corrected chi connectivity index (χ2v) is 5.57. The molecule has 0 bridgehead atoms. The van der Waals surface area contributed by atoms with Crippen LogP contribution in [-0.2, 0) is 7.05 Å². The fourth-order valence-electron chi connectivity index (χ4n) is 2.83. The number of carbonyl (C=O) groups is 1. The van der Waals surface area contributed by atoms with E-state index >= 15 is 0 Å². The molecule has 2 heterocycles. The van der Waals surface area contributed by atoms with E-state index in [0.717, 1.165) is 12.0 Å². The highest BCUT2D eigenvalue weighted by atomic mass is 16.5. The minimum atomic E-state index is -0.0260. The van der Waals surface area contributed by atoms with Gasteiger partial charge in [0.15, 0.2) is 0 Å². The van der Waals surface area contributed by atoms with Gasteiger partial charge in [-0.2, -0.15) is 5.10 Å². The van der Waals surface area contributed by atoms with Crippen LogP contribution in [-0.4, -0.2) is 46.8 Å². The van der Waals surface area contributed by atoms with Gasteiger partial charge in [0.25, 0.3) is 5.91 Å². The van der Waals surface area contributed by atoms with Crippen molar-refractivity contribution in [2.45, 2.75) is 12.5 Å². The highest BCUT2D eigenvalue weighted by molar-refractivity contribution is 6.00. The number of hydrogen-bond donors (Lipinski definition) is 1. The number of amides is 1.